The van der Waals surface area contributed by atoms with Crippen molar-refractivity contribution < 1.29 is 13.9 Å². The third-order valence-corrected chi connectivity index (χ3v) is 4.29. The van der Waals surface area contributed by atoms with Crippen molar-refractivity contribution in [1.29, 1.82) is 0 Å². The van der Waals surface area contributed by atoms with Crippen LogP contribution in [-0.4, -0.2) is 40.4 Å². The highest BCUT2D eigenvalue weighted by Gasteiger charge is 2.10. The Bertz CT molecular complexity index is 952. The van der Waals surface area contributed by atoms with Gasteiger partial charge in [0.05, 0.1) is 24.0 Å². The van der Waals surface area contributed by atoms with E-state index in [2.05, 4.69) is 10.6 Å². The molecule has 6 heteroatoms. The zero-order chi connectivity index (χ0) is 19.1. The van der Waals surface area contributed by atoms with E-state index in [1.807, 2.05) is 26.2 Å². The molecular formula is C21H26N2O4. The van der Waals surface area contributed by atoms with Crippen LogP contribution in [-0.2, 0) is 0 Å². The highest BCUT2D eigenvalue weighted by atomic mass is 16.5. The van der Waals surface area contributed by atoms with Crippen molar-refractivity contribution in [2.24, 2.45) is 0 Å². The van der Waals surface area contributed by atoms with Gasteiger partial charge < -0.3 is 24.5 Å². The largest absolute Gasteiger partial charge is 0.494 e. The van der Waals surface area contributed by atoms with Crippen molar-refractivity contribution in [2.45, 2.75) is 12.8 Å². The minimum atomic E-state index is -0.0614. The van der Waals surface area contributed by atoms with Gasteiger partial charge in [0.2, 0.25) is 5.43 Å². The van der Waals surface area contributed by atoms with Crippen LogP contribution in [0.3, 0.4) is 0 Å². The normalized spacial score (nSPS) is 11.2. The Balaban J connectivity index is 1.83. The lowest BCUT2D eigenvalue weighted by atomic mass is 10.1. The standard InChI is InChI=1S/C21H26N2O4/c1-22-9-3-11-25-15-6-8-19-18(13-15)21(24)17-7-5-16(14-20(17)27-19)26-12-4-10-23-2/h5-8,13-14,22-23H,3-4,9-12H2,1-2H3. The predicted octanol–water partition coefficient (Wildman–Crippen LogP) is 2.92. The number of nitrogens with one attached hydrogen (secondary N) is 2. The minimum Gasteiger partial charge on any atom is -0.494 e. The van der Waals surface area contributed by atoms with Crippen molar-refractivity contribution >= 4 is 21.9 Å². The van der Waals surface area contributed by atoms with Gasteiger partial charge in [0.1, 0.15) is 22.7 Å². The Kier molecular flexibility index (Phi) is 6.68. The summed E-state index contributed by atoms with van der Waals surface area (Å²) in [5, 5.41) is 7.22. The first-order valence-corrected chi connectivity index (χ1v) is 9.28. The summed E-state index contributed by atoms with van der Waals surface area (Å²) in [6.07, 6.45) is 1.81. The fourth-order valence-electron chi connectivity index (χ4n) is 2.87. The van der Waals surface area contributed by atoms with Gasteiger partial charge in [-0.3, -0.25) is 4.79 Å². The summed E-state index contributed by atoms with van der Waals surface area (Å²) in [6.45, 7) is 2.99. The molecule has 0 aliphatic heterocycles. The molecule has 0 aliphatic rings. The van der Waals surface area contributed by atoms with Gasteiger partial charge >= 0.3 is 0 Å². The second-order valence-corrected chi connectivity index (χ2v) is 6.36. The molecule has 0 aliphatic carbocycles. The molecule has 0 amide bonds. The van der Waals surface area contributed by atoms with E-state index < -0.39 is 0 Å². The molecule has 3 rings (SSSR count). The zero-order valence-corrected chi connectivity index (χ0v) is 15.8. The van der Waals surface area contributed by atoms with E-state index in [9.17, 15) is 4.79 Å². The highest BCUT2D eigenvalue weighted by molar-refractivity contribution is 5.90. The summed E-state index contributed by atoms with van der Waals surface area (Å²) in [5.41, 5.74) is 1.01. The lowest BCUT2D eigenvalue weighted by Gasteiger charge is -2.09. The topological polar surface area (TPSA) is 72.7 Å². The summed E-state index contributed by atoms with van der Waals surface area (Å²) >= 11 is 0. The third-order valence-electron chi connectivity index (χ3n) is 4.29. The molecule has 0 spiro atoms. The van der Waals surface area contributed by atoms with Gasteiger partial charge in [-0.15, -0.1) is 0 Å². The van der Waals surface area contributed by atoms with E-state index in [0.29, 0.717) is 46.7 Å². The number of hydrogen-bond acceptors (Lipinski definition) is 6. The average molecular weight is 370 g/mol. The molecule has 1 aromatic heterocycles. The van der Waals surface area contributed by atoms with Gasteiger partial charge in [-0.05, 0) is 70.4 Å². The van der Waals surface area contributed by atoms with Crippen LogP contribution in [0.25, 0.3) is 21.9 Å². The summed E-state index contributed by atoms with van der Waals surface area (Å²) < 4.78 is 17.4. The van der Waals surface area contributed by atoms with Crippen LogP contribution < -0.4 is 25.5 Å². The molecule has 144 valence electrons. The van der Waals surface area contributed by atoms with E-state index in [4.69, 9.17) is 13.9 Å². The number of benzene rings is 2. The molecule has 0 unspecified atom stereocenters. The third kappa shape index (κ3) is 4.78. The van der Waals surface area contributed by atoms with Gasteiger partial charge in [0.25, 0.3) is 0 Å². The maximum atomic E-state index is 12.9. The lowest BCUT2D eigenvalue weighted by Crippen LogP contribution is -2.11. The Hall–Kier alpha value is -2.57. The molecule has 6 nitrogen and oxygen atoms in total. The smallest absolute Gasteiger partial charge is 0.200 e. The van der Waals surface area contributed by atoms with Gasteiger partial charge in [0.15, 0.2) is 0 Å². The SMILES string of the molecule is CNCCCOc1ccc2c(=O)c3cc(OCCCNC)ccc3oc2c1. The Labute approximate surface area is 158 Å². The molecule has 27 heavy (non-hydrogen) atoms. The maximum absolute atomic E-state index is 12.9. The predicted molar refractivity (Wildman–Crippen MR) is 108 cm³/mol. The summed E-state index contributed by atoms with van der Waals surface area (Å²) in [4.78, 5) is 12.9. The van der Waals surface area contributed by atoms with E-state index in [1.54, 1.807) is 24.3 Å². The molecule has 0 fully saturated rings. The first-order valence-electron chi connectivity index (χ1n) is 9.28. The summed E-state index contributed by atoms with van der Waals surface area (Å²) in [5.74, 6) is 1.38. The molecule has 2 aromatic carbocycles. The van der Waals surface area contributed by atoms with E-state index in [0.717, 1.165) is 25.9 Å². The van der Waals surface area contributed by atoms with Gasteiger partial charge in [0, 0.05) is 6.07 Å². The van der Waals surface area contributed by atoms with Crippen LogP contribution in [0.4, 0.5) is 0 Å². The Morgan fingerprint density at radius 2 is 1.44 bits per heavy atom. The second kappa shape index (κ2) is 9.39. The molecule has 2 N–H and O–H groups in total. The fourth-order valence-corrected chi connectivity index (χ4v) is 2.87. The van der Waals surface area contributed by atoms with Crippen molar-refractivity contribution in [3.05, 3.63) is 46.6 Å². The zero-order valence-electron chi connectivity index (χ0n) is 15.8. The number of hydrogen-bond donors (Lipinski definition) is 2. The van der Waals surface area contributed by atoms with E-state index in [1.165, 1.54) is 0 Å². The number of ether oxygens (including phenoxy) is 2. The van der Waals surface area contributed by atoms with Crippen LogP contribution in [0.15, 0.2) is 45.6 Å². The van der Waals surface area contributed by atoms with Gasteiger partial charge in [-0.25, -0.2) is 0 Å². The number of rotatable bonds is 10. The summed E-state index contributed by atoms with van der Waals surface area (Å²) in [7, 11) is 3.82. The molecule has 0 saturated carbocycles. The molecule has 0 radical (unpaired) electrons. The highest BCUT2D eigenvalue weighted by Crippen LogP contribution is 2.25. The molecule has 1 heterocycles. The maximum Gasteiger partial charge on any atom is 0.200 e. The quantitative estimate of drug-likeness (QED) is 0.422. The second-order valence-electron chi connectivity index (χ2n) is 6.36. The summed E-state index contributed by atoms with van der Waals surface area (Å²) in [6, 6.07) is 10.7. The van der Waals surface area contributed by atoms with E-state index >= 15 is 0 Å². The van der Waals surface area contributed by atoms with Crippen LogP contribution in [0.2, 0.25) is 0 Å². The molecule has 3 aromatic rings. The number of fused-ring (bicyclic) bond motifs is 2. The minimum absolute atomic E-state index is 0.0614. The molecule has 0 saturated heterocycles. The van der Waals surface area contributed by atoms with Crippen LogP contribution >= 0.6 is 0 Å². The van der Waals surface area contributed by atoms with E-state index in [-0.39, 0.29) is 5.43 Å². The first-order chi connectivity index (χ1) is 13.2. The van der Waals surface area contributed by atoms with Gasteiger partial charge in [-0.2, -0.15) is 0 Å². The Morgan fingerprint density at radius 3 is 2.11 bits per heavy atom. The Morgan fingerprint density at radius 1 is 0.815 bits per heavy atom. The van der Waals surface area contributed by atoms with Crippen LogP contribution in [0.1, 0.15) is 12.8 Å². The van der Waals surface area contributed by atoms with Crippen molar-refractivity contribution in [1.82, 2.24) is 10.6 Å². The monoisotopic (exact) mass is 370 g/mol. The van der Waals surface area contributed by atoms with Crippen molar-refractivity contribution in [3.63, 3.8) is 0 Å². The molecular weight excluding hydrogens is 344 g/mol. The van der Waals surface area contributed by atoms with Crippen LogP contribution in [0.5, 0.6) is 11.5 Å². The van der Waals surface area contributed by atoms with Crippen molar-refractivity contribution in [3.8, 4) is 11.5 Å². The fraction of sp³-hybridized carbons (Fsp3) is 0.381. The molecule has 0 atom stereocenters. The average Bonchev–Trinajstić information content (AvgIpc) is 2.69. The van der Waals surface area contributed by atoms with Crippen LogP contribution in [0, 0.1) is 0 Å². The lowest BCUT2D eigenvalue weighted by molar-refractivity contribution is 0.309. The molecule has 0 bridgehead atoms. The van der Waals surface area contributed by atoms with Crippen molar-refractivity contribution in [2.75, 3.05) is 40.4 Å². The first kappa shape index (κ1) is 19.2. The van der Waals surface area contributed by atoms with Gasteiger partial charge in [-0.1, -0.05) is 0 Å².